The van der Waals surface area contributed by atoms with Gasteiger partial charge in [0.1, 0.15) is 5.82 Å². The van der Waals surface area contributed by atoms with Crippen molar-refractivity contribution >= 4 is 17.6 Å². The minimum absolute atomic E-state index is 0.360. The Morgan fingerprint density at radius 1 is 1.08 bits per heavy atom. The van der Waals surface area contributed by atoms with Gasteiger partial charge in [-0.2, -0.15) is 0 Å². The molecule has 2 heterocycles. The van der Waals surface area contributed by atoms with Gasteiger partial charge in [-0.25, -0.2) is 9.78 Å². The second-order valence-electron chi connectivity index (χ2n) is 5.29. The highest BCUT2D eigenvalue weighted by Gasteiger charge is 2.19. The summed E-state index contributed by atoms with van der Waals surface area (Å²) in [5.74, 6) is -0.264. The number of H-pyrrole nitrogens is 1. The van der Waals surface area contributed by atoms with E-state index in [0.717, 1.165) is 5.56 Å². The second-order valence-corrected chi connectivity index (χ2v) is 5.29. The summed E-state index contributed by atoms with van der Waals surface area (Å²) in [6.07, 6.45) is 5.58. The van der Waals surface area contributed by atoms with Gasteiger partial charge in [0.2, 0.25) is 0 Å². The monoisotopic (exact) mass is 336 g/mol. The fourth-order valence-corrected chi connectivity index (χ4v) is 2.15. The van der Waals surface area contributed by atoms with Crippen molar-refractivity contribution in [3.05, 3.63) is 66.7 Å². The normalized spacial score (nSPS) is 11.6. The molecule has 2 aromatic heterocycles. The molecule has 1 unspecified atom stereocenters. The number of imidazole rings is 1. The zero-order chi connectivity index (χ0) is 17.6. The molecule has 0 radical (unpaired) electrons. The molecule has 0 bridgehead atoms. The number of benzene rings is 1. The number of nitrogens with zero attached hydrogens (tertiary/aromatic N) is 2. The van der Waals surface area contributed by atoms with Gasteiger partial charge in [0, 0.05) is 36.0 Å². The Bertz CT molecular complexity index is 846. The number of nitrogens with one attached hydrogen (secondary N) is 2. The Hall–Kier alpha value is -3.48. The summed E-state index contributed by atoms with van der Waals surface area (Å²) in [6, 6.07) is 10.1. The second kappa shape index (κ2) is 7.39. The molecule has 0 aliphatic rings. The van der Waals surface area contributed by atoms with Gasteiger partial charge < -0.3 is 15.0 Å². The van der Waals surface area contributed by atoms with Gasteiger partial charge in [-0.15, -0.1) is 0 Å². The number of carbonyl (C=O) groups is 2. The van der Waals surface area contributed by atoms with Crippen LogP contribution in [0, 0.1) is 0 Å². The summed E-state index contributed by atoms with van der Waals surface area (Å²) >= 11 is 0. The molecule has 7 nitrogen and oxygen atoms in total. The van der Waals surface area contributed by atoms with E-state index in [2.05, 4.69) is 20.3 Å². The quantitative estimate of drug-likeness (QED) is 0.698. The molecule has 0 saturated heterocycles. The number of ether oxygens (including phenoxy) is 1. The van der Waals surface area contributed by atoms with Crippen molar-refractivity contribution in [1.82, 2.24) is 15.0 Å². The molecule has 1 aromatic carbocycles. The summed E-state index contributed by atoms with van der Waals surface area (Å²) in [5.41, 5.74) is 1.80. The van der Waals surface area contributed by atoms with E-state index in [1.807, 2.05) is 0 Å². The predicted molar refractivity (Wildman–Crippen MR) is 91.8 cm³/mol. The first-order valence-electron chi connectivity index (χ1n) is 7.65. The largest absolute Gasteiger partial charge is 0.449 e. The van der Waals surface area contributed by atoms with E-state index in [1.54, 1.807) is 61.2 Å². The molecular formula is C18H16N4O3. The molecule has 7 heteroatoms. The third-order valence-electron chi connectivity index (χ3n) is 3.49. The van der Waals surface area contributed by atoms with Gasteiger partial charge in [-0.1, -0.05) is 12.1 Å². The third kappa shape index (κ3) is 4.08. The lowest BCUT2D eigenvalue weighted by atomic mass is 10.1. The molecule has 25 heavy (non-hydrogen) atoms. The van der Waals surface area contributed by atoms with Crippen LogP contribution in [0.25, 0.3) is 11.4 Å². The minimum Gasteiger partial charge on any atom is -0.449 e. The number of aromatic amines is 1. The highest BCUT2D eigenvalue weighted by molar-refractivity contribution is 5.97. The molecule has 1 amide bonds. The number of rotatable bonds is 5. The van der Waals surface area contributed by atoms with Crippen LogP contribution in [-0.4, -0.2) is 32.9 Å². The van der Waals surface area contributed by atoms with Gasteiger partial charge in [0.25, 0.3) is 5.91 Å². The molecule has 3 aromatic rings. The van der Waals surface area contributed by atoms with Crippen molar-refractivity contribution in [3.63, 3.8) is 0 Å². The summed E-state index contributed by atoms with van der Waals surface area (Å²) in [6.45, 7) is 1.52. The lowest BCUT2D eigenvalue weighted by Gasteiger charge is -2.13. The Balaban J connectivity index is 1.60. The first-order valence-corrected chi connectivity index (χ1v) is 7.65. The van der Waals surface area contributed by atoms with Crippen LogP contribution in [0.15, 0.2) is 61.2 Å². The summed E-state index contributed by atoms with van der Waals surface area (Å²) in [5, 5.41) is 2.66. The van der Waals surface area contributed by atoms with Crippen molar-refractivity contribution in [1.29, 1.82) is 0 Å². The van der Waals surface area contributed by atoms with Crippen molar-refractivity contribution in [3.8, 4) is 11.4 Å². The Labute approximate surface area is 144 Å². The molecule has 3 rings (SSSR count). The van der Waals surface area contributed by atoms with Crippen LogP contribution in [0.1, 0.15) is 17.3 Å². The number of pyridine rings is 1. The Kier molecular flexibility index (Phi) is 4.84. The first kappa shape index (κ1) is 16.4. The maximum Gasteiger partial charge on any atom is 0.338 e. The number of anilines is 1. The van der Waals surface area contributed by atoms with E-state index in [9.17, 15) is 9.59 Å². The van der Waals surface area contributed by atoms with Crippen LogP contribution < -0.4 is 5.32 Å². The summed E-state index contributed by atoms with van der Waals surface area (Å²) in [7, 11) is 0. The summed E-state index contributed by atoms with van der Waals surface area (Å²) < 4.78 is 5.21. The number of hydrogen-bond acceptors (Lipinski definition) is 5. The maximum atomic E-state index is 12.2. The van der Waals surface area contributed by atoms with Crippen molar-refractivity contribution in [2.24, 2.45) is 0 Å². The van der Waals surface area contributed by atoms with Gasteiger partial charge in [-0.3, -0.25) is 9.78 Å². The van der Waals surface area contributed by atoms with E-state index < -0.39 is 18.0 Å². The standard InChI is InChI=1S/C18H16N4O3/c1-12(17(23)22-15-6-8-19-9-7-15)25-18(24)14-4-2-13(3-5-14)16-20-10-11-21-16/h2-12H,1H3,(H,20,21)(H,19,22,23). The Morgan fingerprint density at radius 3 is 2.44 bits per heavy atom. The molecule has 0 aliphatic carbocycles. The number of hydrogen-bond donors (Lipinski definition) is 2. The number of esters is 1. The molecule has 1 atom stereocenters. The molecule has 0 spiro atoms. The fourth-order valence-electron chi connectivity index (χ4n) is 2.15. The van der Waals surface area contributed by atoms with Crippen LogP contribution in [-0.2, 0) is 9.53 Å². The third-order valence-corrected chi connectivity index (χ3v) is 3.49. The average molecular weight is 336 g/mol. The van der Waals surface area contributed by atoms with E-state index in [-0.39, 0.29) is 0 Å². The van der Waals surface area contributed by atoms with Crippen LogP contribution in [0.3, 0.4) is 0 Å². The van der Waals surface area contributed by atoms with Gasteiger partial charge in [0.05, 0.1) is 5.56 Å². The van der Waals surface area contributed by atoms with E-state index in [4.69, 9.17) is 4.74 Å². The van der Waals surface area contributed by atoms with E-state index >= 15 is 0 Å². The first-order chi connectivity index (χ1) is 12.1. The fraction of sp³-hybridized carbons (Fsp3) is 0.111. The zero-order valence-electron chi connectivity index (χ0n) is 13.5. The minimum atomic E-state index is -0.926. The summed E-state index contributed by atoms with van der Waals surface area (Å²) in [4.78, 5) is 35.2. The van der Waals surface area contributed by atoms with Crippen molar-refractivity contribution in [2.75, 3.05) is 5.32 Å². The number of aromatic nitrogens is 3. The maximum absolute atomic E-state index is 12.2. The lowest BCUT2D eigenvalue weighted by Crippen LogP contribution is -2.30. The molecule has 0 aliphatic heterocycles. The highest BCUT2D eigenvalue weighted by Crippen LogP contribution is 2.16. The number of carbonyl (C=O) groups excluding carboxylic acids is 2. The van der Waals surface area contributed by atoms with Gasteiger partial charge in [-0.05, 0) is 31.2 Å². The van der Waals surface area contributed by atoms with Crippen LogP contribution in [0.4, 0.5) is 5.69 Å². The van der Waals surface area contributed by atoms with Crippen LogP contribution in [0.5, 0.6) is 0 Å². The van der Waals surface area contributed by atoms with Crippen LogP contribution >= 0.6 is 0 Å². The zero-order valence-corrected chi connectivity index (χ0v) is 13.5. The smallest absolute Gasteiger partial charge is 0.338 e. The lowest BCUT2D eigenvalue weighted by molar-refractivity contribution is -0.123. The van der Waals surface area contributed by atoms with Gasteiger partial charge >= 0.3 is 5.97 Å². The molecular weight excluding hydrogens is 320 g/mol. The highest BCUT2D eigenvalue weighted by atomic mass is 16.5. The predicted octanol–water partition coefficient (Wildman–Crippen LogP) is 2.66. The molecule has 126 valence electrons. The molecule has 0 fully saturated rings. The Morgan fingerprint density at radius 2 is 1.80 bits per heavy atom. The molecule has 2 N–H and O–H groups in total. The van der Waals surface area contributed by atoms with Crippen molar-refractivity contribution < 1.29 is 14.3 Å². The average Bonchev–Trinajstić information content (AvgIpc) is 3.17. The number of amides is 1. The van der Waals surface area contributed by atoms with E-state index in [0.29, 0.717) is 17.1 Å². The van der Waals surface area contributed by atoms with Gasteiger partial charge in [0.15, 0.2) is 6.10 Å². The SMILES string of the molecule is CC(OC(=O)c1ccc(-c2ncc[nH]2)cc1)C(=O)Nc1ccncc1. The van der Waals surface area contributed by atoms with E-state index in [1.165, 1.54) is 6.92 Å². The topological polar surface area (TPSA) is 97.0 Å². The molecule has 0 saturated carbocycles. The van der Waals surface area contributed by atoms with Crippen molar-refractivity contribution in [2.45, 2.75) is 13.0 Å². The van der Waals surface area contributed by atoms with Crippen LogP contribution in [0.2, 0.25) is 0 Å².